The van der Waals surface area contributed by atoms with Crippen molar-refractivity contribution in [3.8, 4) is 6.01 Å². The van der Waals surface area contributed by atoms with E-state index in [0.29, 0.717) is 45.7 Å². The number of alkyl halides is 1. The maximum absolute atomic E-state index is 14.7. The number of rotatable bonds is 6. The van der Waals surface area contributed by atoms with Gasteiger partial charge in [0.05, 0.1) is 29.6 Å². The van der Waals surface area contributed by atoms with Gasteiger partial charge in [0.1, 0.15) is 18.1 Å². The number of hydrogen-bond donors (Lipinski definition) is 1. The Bertz CT molecular complexity index is 1530. The van der Waals surface area contributed by atoms with Crippen LogP contribution in [0.5, 0.6) is 6.01 Å². The Morgan fingerprint density at radius 2 is 1.95 bits per heavy atom. The first kappa shape index (κ1) is 28.3. The molecule has 224 valence electrons. The molecule has 2 saturated heterocycles. The van der Waals surface area contributed by atoms with Gasteiger partial charge in [0.25, 0.3) is 5.91 Å². The van der Waals surface area contributed by atoms with Gasteiger partial charge >= 0.3 is 6.01 Å². The number of aromatic amines is 1. The molecule has 2 fully saturated rings. The fraction of sp³-hybridized carbons (Fsp3) is 0.533. The van der Waals surface area contributed by atoms with Gasteiger partial charge in [0.2, 0.25) is 0 Å². The van der Waals surface area contributed by atoms with Crippen molar-refractivity contribution in [2.24, 2.45) is 0 Å². The van der Waals surface area contributed by atoms with Gasteiger partial charge in [-0.2, -0.15) is 15.1 Å². The topological polar surface area (TPSA) is 93.7 Å². The average Bonchev–Trinajstić information content (AvgIpc) is 3.52. The summed E-state index contributed by atoms with van der Waals surface area (Å²) in [6, 6.07) is 2.31. The summed E-state index contributed by atoms with van der Waals surface area (Å²) in [7, 11) is 1.91. The fourth-order valence-corrected chi connectivity index (χ4v) is 6.63. The van der Waals surface area contributed by atoms with Crippen LogP contribution < -0.4 is 14.5 Å². The van der Waals surface area contributed by atoms with Crippen molar-refractivity contribution in [3.05, 3.63) is 47.1 Å². The van der Waals surface area contributed by atoms with Crippen LogP contribution >= 0.6 is 0 Å². The summed E-state index contributed by atoms with van der Waals surface area (Å²) in [5, 5.41) is 8.46. The van der Waals surface area contributed by atoms with E-state index < -0.39 is 17.4 Å². The third-order valence-electron chi connectivity index (χ3n) is 8.94. The fourth-order valence-electron chi connectivity index (χ4n) is 6.63. The molecule has 3 aliphatic heterocycles. The van der Waals surface area contributed by atoms with Crippen LogP contribution in [0.4, 0.5) is 20.3 Å². The molecule has 2 atom stereocenters. The molecule has 0 saturated carbocycles. The number of carbonyl (C=O) groups is 1. The summed E-state index contributed by atoms with van der Waals surface area (Å²) in [4.78, 5) is 29.8. The minimum absolute atomic E-state index is 0.0766. The van der Waals surface area contributed by atoms with Crippen molar-refractivity contribution in [3.63, 3.8) is 0 Å². The lowest BCUT2D eigenvalue weighted by atomic mass is 9.99. The Kier molecular flexibility index (Phi) is 7.28. The number of nitrogens with one attached hydrogen (secondary N) is 1. The summed E-state index contributed by atoms with van der Waals surface area (Å²) >= 11 is 0. The number of anilines is 2. The van der Waals surface area contributed by atoms with Gasteiger partial charge in [-0.15, -0.1) is 0 Å². The number of H-pyrrole nitrogens is 1. The standard InChI is InChI=1S/C30H38F2N8O2/c1-18-12-24-23(14-33-36-24)26(19(18)2)40-7-6-22-25(15-40)34-29(42-16-21-13-30(4,32)17-37(21)5)35-27(22)38-8-10-39(11-9-38)28(41)20(3)31/h12,14,21H,3,6-11,13,15-17H2,1-2,4-5H3,(H,33,36)/t21-,30?/m0/s1. The number of ether oxygens (including phenoxy) is 1. The molecule has 1 N–H and O–H groups in total. The highest BCUT2D eigenvalue weighted by Crippen LogP contribution is 2.37. The number of fused-ring (bicyclic) bond motifs is 2. The molecule has 3 aliphatic rings. The van der Waals surface area contributed by atoms with Crippen LogP contribution in [0, 0.1) is 13.8 Å². The summed E-state index contributed by atoms with van der Waals surface area (Å²) in [5.41, 5.74) is 5.20. The van der Waals surface area contributed by atoms with E-state index in [0.717, 1.165) is 46.6 Å². The molecule has 1 aromatic carbocycles. The lowest BCUT2D eigenvalue weighted by Gasteiger charge is -2.38. The Labute approximate surface area is 244 Å². The zero-order chi connectivity index (χ0) is 29.8. The monoisotopic (exact) mass is 580 g/mol. The molecule has 2 aromatic heterocycles. The Morgan fingerprint density at radius 3 is 2.64 bits per heavy atom. The van der Waals surface area contributed by atoms with Crippen molar-refractivity contribution in [2.75, 3.05) is 62.7 Å². The molecule has 42 heavy (non-hydrogen) atoms. The normalized spacial score (nSPS) is 23.0. The van der Waals surface area contributed by atoms with Gasteiger partial charge in [-0.3, -0.25) is 14.8 Å². The van der Waals surface area contributed by atoms with E-state index >= 15 is 0 Å². The number of halogens is 2. The van der Waals surface area contributed by atoms with Crippen molar-refractivity contribution in [1.29, 1.82) is 0 Å². The molecule has 10 nitrogen and oxygen atoms in total. The number of nitrogens with zero attached hydrogens (tertiary/aromatic N) is 7. The molecule has 6 rings (SSSR count). The van der Waals surface area contributed by atoms with Crippen LogP contribution in [0.15, 0.2) is 24.7 Å². The van der Waals surface area contributed by atoms with E-state index in [1.807, 2.05) is 18.1 Å². The molecular formula is C30H38F2N8O2. The first-order valence-electron chi connectivity index (χ1n) is 14.5. The largest absolute Gasteiger partial charge is 0.462 e. The van der Waals surface area contributed by atoms with Crippen LogP contribution in [0.2, 0.25) is 0 Å². The van der Waals surface area contributed by atoms with Gasteiger partial charge in [-0.05, 0) is 51.4 Å². The average molecular weight is 581 g/mol. The molecule has 1 amide bonds. The quantitative estimate of drug-likeness (QED) is 0.443. The van der Waals surface area contributed by atoms with E-state index in [9.17, 15) is 13.6 Å². The third-order valence-corrected chi connectivity index (χ3v) is 8.94. The van der Waals surface area contributed by atoms with Crippen molar-refractivity contribution in [2.45, 2.75) is 51.9 Å². The summed E-state index contributed by atoms with van der Waals surface area (Å²) in [5.74, 6) is -0.831. The lowest BCUT2D eigenvalue weighted by Crippen LogP contribution is -2.49. The Hall–Kier alpha value is -3.80. The number of amides is 1. The molecule has 3 aromatic rings. The molecule has 12 heteroatoms. The number of aromatic nitrogens is 4. The highest BCUT2D eigenvalue weighted by molar-refractivity contribution is 5.94. The number of carbonyl (C=O) groups excluding carboxylic acids is 1. The van der Waals surface area contributed by atoms with Crippen LogP contribution in [0.1, 0.15) is 35.7 Å². The first-order valence-corrected chi connectivity index (χ1v) is 14.5. The summed E-state index contributed by atoms with van der Waals surface area (Å²) < 4.78 is 34.3. The van der Waals surface area contributed by atoms with E-state index in [4.69, 9.17) is 14.7 Å². The molecule has 0 bridgehead atoms. The number of piperazine rings is 1. The number of benzene rings is 1. The molecule has 1 unspecified atom stereocenters. The number of aryl methyl sites for hydroxylation is 1. The number of likely N-dealkylation sites (N-methyl/N-ethyl adjacent to an activating group) is 1. The highest BCUT2D eigenvalue weighted by Gasteiger charge is 2.39. The second kappa shape index (κ2) is 10.8. The van der Waals surface area contributed by atoms with Crippen LogP contribution in [0.25, 0.3) is 10.9 Å². The van der Waals surface area contributed by atoms with Crippen LogP contribution in [-0.4, -0.2) is 101 Å². The second-order valence-electron chi connectivity index (χ2n) is 12.1. The van der Waals surface area contributed by atoms with Gasteiger partial charge < -0.3 is 19.4 Å². The SMILES string of the molecule is C=C(F)C(=O)N1CCN(c2nc(OC[C@@H]3CC(C)(F)CN3C)nc3c2CCN(c2c(C)c(C)cc4[nH]ncc24)C3)CC1. The van der Waals surface area contributed by atoms with E-state index in [2.05, 4.69) is 46.5 Å². The highest BCUT2D eigenvalue weighted by atomic mass is 19.1. The maximum atomic E-state index is 14.7. The van der Waals surface area contributed by atoms with Gasteiger partial charge in [-0.1, -0.05) is 6.58 Å². The zero-order valence-electron chi connectivity index (χ0n) is 24.7. The van der Waals surface area contributed by atoms with E-state index in [1.165, 1.54) is 16.0 Å². The Morgan fingerprint density at radius 1 is 1.19 bits per heavy atom. The predicted octanol–water partition coefficient (Wildman–Crippen LogP) is 3.48. The molecular weight excluding hydrogens is 542 g/mol. The van der Waals surface area contributed by atoms with E-state index in [-0.39, 0.29) is 18.7 Å². The van der Waals surface area contributed by atoms with Crippen LogP contribution in [0.3, 0.4) is 0 Å². The van der Waals surface area contributed by atoms with Crippen molar-refractivity contribution >= 4 is 28.3 Å². The predicted molar refractivity (Wildman–Crippen MR) is 157 cm³/mol. The molecule has 0 aliphatic carbocycles. The lowest BCUT2D eigenvalue weighted by molar-refractivity contribution is -0.128. The molecule has 5 heterocycles. The van der Waals surface area contributed by atoms with Crippen molar-refractivity contribution < 1.29 is 18.3 Å². The summed E-state index contributed by atoms with van der Waals surface area (Å²) in [6.45, 7) is 12.7. The van der Waals surface area contributed by atoms with Gasteiger partial charge in [0, 0.05) is 62.7 Å². The minimum Gasteiger partial charge on any atom is -0.462 e. The smallest absolute Gasteiger partial charge is 0.318 e. The van der Waals surface area contributed by atoms with Crippen molar-refractivity contribution in [1.82, 2.24) is 30.0 Å². The summed E-state index contributed by atoms with van der Waals surface area (Å²) in [6.07, 6.45) is 2.98. The Balaban J connectivity index is 1.31. The van der Waals surface area contributed by atoms with Gasteiger partial charge in [0.15, 0.2) is 5.83 Å². The second-order valence-corrected chi connectivity index (χ2v) is 12.1. The molecule has 0 radical (unpaired) electrons. The number of hydrogen-bond acceptors (Lipinski definition) is 8. The zero-order valence-corrected chi connectivity index (χ0v) is 24.7. The number of likely N-dealkylation sites (tertiary alicyclic amines) is 1. The van der Waals surface area contributed by atoms with Crippen LogP contribution in [-0.2, 0) is 17.8 Å². The third kappa shape index (κ3) is 5.28. The minimum atomic E-state index is -1.25. The van der Waals surface area contributed by atoms with E-state index in [1.54, 1.807) is 6.92 Å². The van der Waals surface area contributed by atoms with Gasteiger partial charge in [-0.25, -0.2) is 8.78 Å². The first-order chi connectivity index (χ1) is 20.0. The maximum Gasteiger partial charge on any atom is 0.318 e. The molecule has 0 spiro atoms.